The number of methoxy groups -OCH3 is 2. The summed E-state index contributed by atoms with van der Waals surface area (Å²) in [6, 6.07) is 8.09. The van der Waals surface area contributed by atoms with Gasteiger partial charge in [0.15, 0.2) is 0 Å². The number of hydrogen-bond donors (Lipinski definition) is 0. The molecule has 22 heavy (non-hydrogen) atoms. The molecule has 0 aromatic heterocycles. The van der Waals surface area contributed by atoms with E-state index in [1.165, 1.54) is 0 Å². The highest BCUT2D eigenvalue weighted by Crippen LogP contribution is 2.34. The van der Waals surface area contributed by atoms with E-state index < -0.39 is 0 Å². The second-order valence-electron chi connectivity index (χ2n) is 5.62. The average Bonchev–Trinajstić information content (AvgIpc) is 2.56. The minimum absolute atomic E-state index is 0.320. The van der Waals surface area contributed by atoms with Crippen molar-refractivity contribution >= 4 is 0 Å². The maximum Gasteiger partial charge on any atom is 0.127 e. The normalized spacial score (nSPS) is 21.1. The number of ether oxygens (including phenoxy) is 2. The Morgan fingerprint density at radius 1 is 1.32 bits per heavy atom. The molecule has 5 nitrogen and oxygen atoms in total. The van der Waals surface area contributed by atoms with Gasteiger partial charge in [-0.25, -0.2) is 0 Å². The molecule has 1 aliphatic rings. The van der Waals surface area contributed by atoms with Crippen LogP contribution in [0.25, 0.3) is 0 Å². The van der Waals surface area contributed by atoms with E-state index in [-0.39, 0.29) is 6.04 Å². The number of hydrogen-bond acceptors (Lipinski definition) is 5. The van der Waals surface area contributed by atoms with Crippen molar-refractivity contribution in [1.82, 2.24) is 9.80 Å². The standard InChI is InChI=1S/C17H25N3O2/c1-5-19-8-9-20(13(2)12-19)16(11-18)15-10-14(21-3)6-7-17(15)22-4/h6-7,10,13,16H,5,8-9,12H2,1-4H3. The van der Waals surface area contributed by atoms with Crippen LogP contribution in [-0.4, -0.2) is 56.2 Å². The first-order valence-corrected chi connectivity index (χ1v) is 7.74. The Hall–Kier alpha value is -1.77. The Kier molecular flexibility index (Phi) is 5.64. The molecular formula is C17H25N3O2. The Morgan fingerprint density at radius 3 is 2.64 bits per heavy atom. The van der Waals surface area contributed by atoms with Crippen molar-refractivity contribution in [2.75, 3.05) is 40.4 Å². The van der Waals surface area contributed by atoms with Crippen LogP contribution >= 0.6 is 0 Å². The lowest BCUT2D eigenvalue weighted by atomic mass is 10.0. The minimum atomic E-state index is -0.320. The molecule has 2 unspecified atom stereocenters. The van der Waals surface area contributed by atoms with Crippen LogP contribution in [0.2, 0.25) is 0 Å². The number of rotatable bonds is 5. The van der Waals surface area contributed by atoms with Crippen molar-refractivity contribution in [3.05, 3.63) is 23.8 Å². The van der Waals surface area contributed by atoms with Crippen LogP contribution in [0, 0.1) is 11.3 Å². The fraction of sp³-hybridized carbons (Fsp3) is 0.588. The zero-order valence-corrected chi connectivity index (χ0v) is 13.9. The van der Waals surface area contributed by atoms with Crippen molar-refractivity contribution in [3.63, 3.8) is 0 Å². The van der Waals surface area contributed by atoms with Crippen molar-refractivity contribution in [2.45, 2.75) is 25.9 Å². The summed E-state index contributed by atoms with van der Waals surface area (Å²) in [4.78, 5) is 4.67. The maximum absolute atomic E-state index is 9.75. The summed E-state index contributed by atoms with van der Waals surface area (Å²) >= 11 is 0. The first-order chi connectivity index (χ1) is 10.6. The van der Waals surface area contributed by atoms with Crippen molar-refractivity contribution < 1.29 is 9.47 Å². The van der Waals surface area contributed by atoms with E-state index in [1.807, 2.05) is 18.2 Å². The highest BCUT2D eigenvalue weighted by Gasteiger charge is 2.31. The second-order valence-corrected chi connectivity index (χ2v) is 5.62. The molecule has 0 amide bonds. The predicted molar refractivity (Wildman–Crippen MR) is 86.2 cm³/mol. The van der Waals surface area contributed by atoms with E-state index in [9.17, 15) is 5.26 Å². The Balaban J connectivity index is 2.30. The third-order valence-corrected chi connectivity index (χ3v) is 4.40. The maximum atomic E-state index is 9.75. The minimum Gasteiger partial charge on any atom is -0.497 e. The fourth-order valence-corrected chi connectivity index (χ4v) is 3.09. The molecule has 0 N–H and O–H groups in total. The lowest BCUT2D eigenvalue weighted by Gasteiger charge is -2.41. The van der Waals surface area contributed by atoms with Gasteiger partial charge < -0.3 is 14.4 Å². The Bertz CT molecular complexity index is 541. The third kappa shape index (κ3) is 3.34. The van der Waals surface area contributed by atoms with E-state index in [1.54, 1.807) is 14.2 Å². The fourth-order valence-electron chi connectivity index (χ4n) is 3.09. The van der Waals surface area contributed by atoms with Gasteiger partial charge in [-0.15, -0.1) is 0 Å². The molecule has 1 aromatic rings. The lowest BCUT2D eigenvalue weighted by Crippen LogP contribution is -2.52. The zero-order chi connectivity index (χ0) is 16.1. The van der Waals surface area contributed by atoms with Gasteiger partial charge in [0.2, 0.25) is 0 Å². The Labute approximate surface area is 133 Å². The molecule has 0 aliphatic carbocycles. The summed E-state index contributed by atoms with van der Waals surface area (Å²) in [5.41, 5.74) is 0.876. The molecule has 5 heteroatoms. The van der Waals surface area contributed by atoms with Crippen LogP contribution in [0.3, 0.4) is 0 Å². The molecule has 2 rings (SSSR count). The molecule has 1 heterocycles. The van der Waals surface area contributed by atoms with Crippen molar-refractivity contribution in [1.29, 1.82) is 5.26 Å². The molecule has 0 radical (unpaired) electrons. The lowest BCUT2D eigenvalue weighted by molar-refractivity contribution is 0.0675. The molecule has 1 aliphatic heterocycles. The number of nitrogens with zero attached hydrogens (tertiary/aromatic N) is 3. The SMILES string of the molecule is CCN1CCN(C(C#N)c2cc(OC)ccc2OC)C(C)C1. The first kappa shape index (κ1) is 16.6. The first-order valence-electron chi connectivity index (χ1n) is 7.74. The van der Waals surface area contributed by atoms with Gasteiger partial charge in [0.1, 0.15) is 17.5 Å². The summed E-state index contributed by atoms with van der Waals surface area (Å²) < 4.78 is 10.8. The van der Waals surface area contributed by atoms with Crippen LogP contribution in [0.4, 0.5) is 0 Å². The van der Waals surface area contributed by atoms with Gasteiger partial charge in [-0.1, -0.05) is 6.92 Å². The van der Waals surface area contributed by atoms with Crippen LogP contribution < -0.4 is 9.47 Å². The van der Waals surface area contributed by atoms with Gasteiger partial charge in [0, 0.05) is 31.2 Å². The third-order valence-electron chi connectivity index (χ3n) is 4.40. The van der Waals surface area contributed by atoms with Gasteiger partial charge >= 0.3 is 0 Å². The Morgan fingerprint density at radius 2 is 2.09 bits per heavy atom. The second kappa shape index (κ2) is 7.48. The van der Waals surface area contributed by atoms with Gasteiger partial charge in [0.25, 0.3) is 0 Å². The largest absolute Gasteiger partial charge is 0.497 e. The number of likely N-dealkylation sites (N-methyl/N-ethyl adjacent to an activating group) is 1. The van der Waals surface area contributed by atoms with E-state index in [0.29, 0.717) is 6.04 Å². The van der Waals surface area contributed by atoms with Gasteiger partial charge in [-0.05, 0) is 31.7 Å². The molecule has 2 atom stereocenters. The summed E-state index contributed by atoms with van der Waals surface area (Å²) in [5, 5.41) is 9.75. The summed E-state index contributed by atoms with van der Waals surface area (Å²) in [6.45, 7) is 8.27. The molecule has 1 fully saturated rings. The number of piperazine rings is 1. The smallest absolute Gasteiger partial charge is 0.127 e. The molecule has 1 aromatic carbocycles. The highest BCUT2D eigenvalue weighted by molar-refractivity contribution is 5.44. The molecule has 0 saturated carbocycles. The van der Waals surface area contributed by atoms with Crippen LogP contribution in [0.1, 0.15) is 25.5 Å². The van der Waals surface area contributed by atoms with E-state index in [2.05, 4.69) is 29.7 Å². The summed E-state index contributed by atoms with van der Waals surface area (Å²) in [6.07, 6.45) is 0. The summed E-state index contributed by atoms with van der Waals surface area (Å²) in [5.74, 6) is 1.48. The van der Waals surface area contributed by atoms with E-state index in [0.717, 1.165) is 43.2 Å². The molecular weight excluding hydrogens is 278 g/mol. The monoisotopic (exact) mass is 303 g/mol. The number of benzene rings is 1. The van der Waals surface area contributed by atoms with Crippen LogP contribution in [-0.2, 0) is 0 Å². The van der Waals surface area contributed by atoms with E-state index >= 15 is 0 Å². The van der Waals surface area contributed by atoms with Gasteiger partial charge in [-0.3, -0.25) is 4.90 Å². The molecule has 0 bridgehead atoms. The van der Waals surface area contributed by atoms with Crippen molar-refractivity contribution in [2.24, 2.45) is 0 Å². The topological polar surface area (TPSA) is 48.7 Å². The van der Waals surface area contributed by atoms with Crippen molar-refractivity contribution in [3.8, 4) is 17.6 Å². The van der Waals surface area contributed by atoms with E-state index in [4.69, 9.17) is 9.47 Å². The van der Waals surface area contributed by atoms with Gasteiger partial charge in [0.05, 0.1) is 20.3 Å². The predicted octanol–water partition coefficient (Wildman–Crippen LogP) is 2.29. The number of nitriles is 1. The zero-order valence-electron chi connectivity index (χ0n) is 13.9. The summed E-state index contributed by atoms with van der Waals surface area (Å²) in [7, 11) is 3.27. The molecule has 1 saturated heterocycles. The average molecular weight is 303 g/mol. The molecule has 120 valence electrons. The quantitative estimate of drug-likeness (QED) is 0.835. The van der Waals surface area contributed by atoms with Crippen LogP contribution in [0.5, 0.6) is 11.5 Å². The van der Waals surface area contributed by atoms with Gasteiger partial charge in [-0.2, -0.15) is 5.26 Å². The molecule has 0 spiro atoms. The van der Waals surface area contributed by atoms with Crippen LogP contribution in [0.15, 0.2) is 18.2 Å². The highest BCUT2D eigenvalue weighted by atomic mass is 16.5.